The van der Waals surface area contributed by atoms with Gasteiger partial charge in [0.15, 0.2) is 0 Å². The summed E-state index contributed by atoms with van der Waals surface area (Å²) in [6.07, 6.45) is 13.8. The van der Waals surface area contributed by atoms with Crippen molar-refractivity contribution in [2.75, 3.05) is 31.7 Å². The number of fused-ring (bicyclic) bond motifs is 3. The molecule has 1 amide bonds. The quantitative estimate of drug-likeness (QED) is 0.185. The molecule has 2 aliphatic carbocycles. The predicted molar refractivity (Wildman–Crippen MR) is 160 cm³/mol. The van der Waals surface area contributed by atoms with Crippen LogP contribution in [-0.4, -0.2) is 45.5 Å². The Bertz CT molecular complexity index is 1230. The lowest BCUT2D eigenvalue weighted by Crippen LogP contribution is -2.49. The summed E-state index contributed by atoms with van der Waals surface area (Å²) in [5.41, 5.74) is 4.05. The van der Waals surface area contributed by atoms with Gasteiger partial charge >= 0.3 is 0 Å². The van der Waals surface area contributed by atoms with Gasteiger partial charge in [0, 0.05) is 36.2 Å². The zero-order chi connectivity index (χ0) is 27.4. The molecule has 208 valence electrons. The van der Waals surface area contributed by atoms with Gasteiger partial charge in [0.05, 0.1) is 18.4 Å². The van der Waals surface area contributed by atoms with Crippen LogP contribution in [0.5, 0.6) is 5.75 Å². The smallest absolute Gasteiger partial charge is 0.276 e. The van der Waals surface area contributed by atoms with E-state index in [-0.39, 0.29) is 17.4 Å². The van der Waals surface area contributed by atoms with Gasteiger partial charge in [-0.15, -0.1) is 0 Å². The largest absolute Gasteiger partial charge is 0.490 e. The maximum atomic E-state index is 12.5. The molecule has 3 aliphatic rings. The molecule has 0 aromatic heterocycles. The number of aliphatic imine (C=N–C) groups is 1. The van der Waals surface area contributed by atoms with Gasteiger partial charge in [-0.1, -0.05) is 49.6 Å². The number of aryl methyl sites for hydroxylation is 1. The van der Waals surface area contributed by atoms with Gasteiger partial charge in [-0.3, -0.25) is 4.79 Å². The van der Waals surface area contributed by atoms with E-state index in [4.69, 9.17) is 21.1 Å². The van der Waals surface area contributed by atoms with E-state index in [0.717, 1.165) is 55.2 Å². The van der Waals surface area contributed by atoms with Crippen LogP contribution in [0.2, 0.25) is 5.02 Å². The average Bonchev–Trinajstić information content (AvgIpc) is 3.09. The molecule has 5 rings (SSSR count). The molecule has 2 aromatic rings. The minimum absolute atomic E-state index is 0.132. The molecule has 0 radical (unpaired) electrons. The number of hydrogen-bond donors (Lipinski definition) is 0. The number of hydrogen-bond acceptors (Lipinski definition) is 4. The van der Waals surface area contributed by atoms with Gasteiger partial charge in [0.1, 0.15) is 5.75 Å². The number of allylic oxidation sites excluding steroid dienone is 1. The van der Waals surface area contributed by atoms with Crippen molar-refractivity contribution in [1.82, 2.24) is 0 Å². The number of carbonyl (C=O) groups is 1. The van der Waals surface area contributed by atoms with Crippen molar-refractivity contribution in [2.45, 2.75) is 69.8 Å². The van der Waals surface area contributed by atoms with Gasteiger partial charge in [0.2, 0.25) is 0 Å². The van der Waals surface area contributed by atoms with E-state index in [2.05, 4.69) is 47.8 Å². The Morgan fingerprint density at radius 3 is 2.92 bits per heavy atom. The highest BCUT2D eigenvalue weighted by molar-refractivity contribution is 6.30. The molecule has 39 heavy (non-hydrogen) atoms. The van der Waals surface area contributed by atoms with Crippen LogP contribution in [0.4, 0.5) is 5.69 Å². The summed E-state index contributed by atoms with van der Waals surface area (Å²) in [7, 11) is 1.83. The fraction of sp³-hybridized carbons (Fsp3) is 0.515. The fourth-order valence-corrected chi connectivity index (χ4v) is 7.02. The zero-order valence-electron chi connectivity index (χ0n) is 23.3. The number of anilines is 1. The fourth-order valence-electron chi connectivity index (χ4n) is 6.82. The second-order valence-electron chi connectivity index (χ2n) is 11.5. The first-order valence-corrected chi connectivity index (χ1v) is 14.9. The van der Waals surface area contributed by atoms with E-state index < -0.39 is 0 Å². The van der Waals surface area contributed by atoms with Gasteiger partial charge in [-0.2, -0.15) is 0 Å². The van der Waals surface area contributed by atoms with Crippen molar-refractivity contribution in [2.24, 2.45) is 16.8 Å². The van der Waals surface area contributed by atoms with Crippen LogP contribution in [-0.2, 0) is 16.6 Å². The van der Waals surface area contributed by atoms with Crippen LogP contribution < -0.4 is 9.64 Å². The number of benzene rings is 2. The zero-order valence-corrected chi connectivity index (χ0v) is 24.1. The van der Waals surface area contributed by atoms with Crippen LogP contribution >= 0.6 is 11.6 Å². The molecule has 2 aromatic carbocycles. The van der Waals surface area contributed by atoms with Crippen LogP contribution in [0.1, 0.15) is 73.4 Å². The Balaban J connectivity index is 1.47. The number of nitrogens with zero attached hydrogens (tertiary/aromatic N) is 2. The second kappa shape index (κ2) is 12.3. The first-order valence-electron chi connectivity index (χ1n) is 14.5. The van der Waals surface area contributed by atoms with Crippen molar-refractivity contribution < 1.29 is 14.3 Å². The lowest BCUT2D eigenvalue weighted by molar-refractivity contribution is 0.0132. The summed E-state index contributed by atoms with van der Waals surface area (Å²) in [4.78, 5) is 18.6. The van der Waals surface area contributed by atoms with Crippen LogP contribution in [0.15, 0.2) is 53.5 Å². The highest BCUT2D eigenvalue weighted by atomic mass is 35.5. The van der Waals surface area contributed by atoms with Gasteiger partial charge < -0.3 is 14.4 Å². The highest BCUT2D eigenvalue weighted by Crippen LogP contribution is 2.47. The monoisotopic (exact) mass is 548 g/mol. The van der Waals surface area contributed by atoms with E-state index in [1.54, 1.807) is 6.07 Å². The number of amides is 1. The lowest BCUT2D eigenvalue weighted by Gasteiger charge is -2.46. The van der Waals surface area contributed by atoms with Crippen molar-refractivity contribution in [3.63, 3.8) is 0 Å². The Kier molecular flexibility index (Phi) is 8.78. The number of carbonyl (C=O) groups excluding carboxylic acids is 1. The molecule has 1 aliphatic heterocycles. The standard InChI is InChI=1S/C33H41ClN2O3/c1-4-5-6-7-10-30(38-3)27-14-11-25(27)20-36-21-33(17-8-9-23-18-26(34)13-15-28(23)33)22-39-31-16-12-24(19-29(31)36)32(37)35-2/h7,10,12-13,15-16,18-19,25,27,30H,2,4-6,8-9,11,14,17,20-22H2,1,3H3/b10-7+/t25-,27+,30-,33-/m0/s1. The maximum absolute atomic E-state index is 12.5. The summed E-state index contributed by atoms with van der Waals surface area (Å²) in [5, 5.41) is 0.787. The molecule has 1 fully saturated rings. The number of unbranched alkanes of at least 4 members (excludes halogenated alkanes) is 2. The second-order valence-corrected chi connectivity index (χ2v) is 12.0. The molecule has 0 saturated heterocycles. The van der Waals surface area contributed by atoms with Crippen LogP contribution in [0.25, 0.3) is 0 Å². The third kappa shape index (κ3) is 5.81. The number of halogens is 1. The van der Waals surface area contributed by atoms with Crippen LogP contribution in [0.3, 0.4) is 0 Å². The first-order chi connectivity index (χ1) is 19.0. The first kappa shape index (κ1) is 27.9. The van der Waals surface area contributed by atoms with Crippen molar-refractivity contribution in [3.05, 3.63) is 70.3 Å². The molecule has 6 heteroatoms. The number of rotatable bonds is 9. The molecule has 1 saturated carbocycles. The normalized spacial score (nSPS) is 24.8. The Morgan fingerprint density at radius 2 is 2.18 bits per heavy atom. The lowest BCUT2D eigenvalue weighted by atomic mass is 9.68. The Morgan fingerprint density at radius 1 is 1.31 bits per heavy atom. The SMILES string of the molecule is C=NC(=O)c1ccc2c(c1)N(C[C@@H]1CC[C@H]1[C@H](/C=C/CCCC)OC)C[C@@]1(CCCc3cc(Cl)ccc31)CO2. The van der Waals surface area contributed by atoms with Crippen molar-refractivity contribution >= 4 is 29.9 Å². The predicted octanol–water partition coefficient (Wildman–Crippen LogP) is 7.44. The summed E-state index contributed by atoms with van der Waals surface area (Å²) < 4.78 is 12.5. The molecule has 1 heterocycles. The Labute approximate surface area is 238 Å². The molecule has 0 unspecified atom stereocenters. The van der Waals surface area contributed by atoms with Gasteiger partial charge in [-0.05, 0) is 98.5 Å². The van der Waals surface area contributed by atoms with E-state index in [0.29, 0.717) is 24.0 Å². The minimum atomic E-state index is -0.312. The van der Waals surface area contributed by atoms with E-state index in [1.165, 1.54) is 36.8 Å². The van der Waals surface area contributed by atoms with Crippen molar-refractivity contribution in [3.8, 4) is 5.75 Å². The van der Waals surface area contributed by atoms with Crippen molar-refractivity contribution in [1.29, 1.82) is 0 Å². The highest BCUT2D eigenvalue weighted by Gasteiger charge is 2.44. The average molecular weight is 549 g/mol. The molecule has 4 atom stereocenters. The third-order valence-corrected chi connectivity index (χ3v) is 9.34. The maximum Gasteiger partial charge on any atom is 0.276 e. The summed E-state index contributed by atoms with van der Waals surface area (Å²) in [6, 6.07) is 12.0. The Hall–Kier alpha value is -2.63. The minimum Gasteiger partial charge on any atom is -0.490 e. The van der Waals surface area contributed by atoms with E-state index in [9.17, 15) is 4.79 Å². The number of methoxy groups -OCH3 is 1. The van der Waals surface area contributed by atoms with Gasteiger partial charge in [-0.25, -0.2) is 4.99 Å². The molecular weight excluding hydrogens is 508 g/mol. The van der Waals surface area contributed by atoms with Gasteiger partial charge in [0.25, 0.3) is 5.91 Å². The molecular formula is C33H41ClN2O3. The van der Waals surface area contributed by atoms with Crippen LogP contribution in [0, 0.1) is 11.8 Å². The summed E-state index contributed by atoms with van der Waals surface area (Å²) in [6.45, 7) is 8.02. The third-order valence-electron chi connectivity index (χ3n) is 9.10. The summed E-state index contributed by atoms with van der Waals surface area (Å²) in [5.74, 6) is 1.49. The molecule has 5 nitrogen and oxygen atoms in total. The molecule has 0 bridgehead atoms. The molecule has 0 N–H and O–H groups in total. The van der Waals surface area contributed by atoms with E-state index in [1.807, 2.05) is 25.3 Å². The van der Waals surface area contributed by atoms with E-state index >= 15 is 0 Å². The summed E-state index contributed by atoms with van der Waals surface area (Å²) >= 11 is 6.40. The number of ether oxygens (including phenoxy) is 2. The molecule has 1 spiro atoms. The topological polar surface area (TPSA) is 51.1 Å².